The summed E-state index contributed by atoms with van der Waals surface area (Å²) in [7, 11) is 1.95. The zero-order valence-corrected chi connectivity index (χ0v) is 16.1. The zero-order valence-electron chi connectivity index (χ0n) is 16.1. The molecule has 1 aromatic carbocycles. The van der Waals surface area contributed by atoms with Crippen molar-refractivity contribution in [2.24, 2.45) is 13.0 Å². The quantitative estimate of drug-likeness (QED) is 0.736. The first-order valence-corrected chi connectivity index (χ1v) is 9.42. The minimum absolute atomic E-state index is 0.156. The number of ether oxygens (including phenoxy) is 1. The van der Waals surface area contributed by atoms with Crippen LogP contribution < -0.4 is 5.32 Å². The Morgan fingerprint density at radius 1 is 1.31 bits per heavy atom. The van der Waals surface area contributed by atoms with Crippen LogP contribution in [0.1, 0.15) is 40.5 Å². The lowest BCUT2D eigenvalue weighted by atomic mass is 9.97. The highest BCUT2D eigenvalue weighted by atomic mass is 16.5. The van der Waals surface area contributed by atoms with Gasteiger partial charge in [0.1, 0.15) is 0 Å². The van der Waals surface area contributed by atoms with E-state index in [2.05, 4.69) is 54.5 Å². The van der Waals surface area contributed by atoms with Gasteiger partial charge in [-0.3, -0.25) is 4.68 Å². The Kier molecular flexibility index (Phi) is 4.59. The number of fused-ring (bicyclic) bond motifs is 1. The lowest BCUT2D eigenvalue weighted by Gasteiger charge is -2.18. The zero-order chi connectivity index (χ0) is 18.3. The summed E-state index contributed by atoms with van der Waals surface area (Å²) in [5.41, 5.74) is 7.72. The van der Waals surface area contributed by atoms with Gasteiger partial charge in [0.2, 0.25) is 0 Å². The lowest BCUT2D eigenvalue weighted by Crippen LogP contribution is -2.24. The molecule has 0 saturated carbocycles. The van der Waals surface area contributed by atoms with Crippen LogP contribution in [0.25, 0.3) is 10.9 Å². The van der Waals surface area contributed by atoms with Crippen molar-refractivity contribution >= 4 is 10.9 Å². The Labute approximate surface area is 154 Å². The summed E-state index contributed by atoms with van der Waals surface area (Å²) in [6, 6.07) is 4.56. The van der Waals surface area contributed by atoms with E-state index in [9.17, 15) is 0 Å². The minimum Gasteiger partial charge on any atom is -0.373 e. The molecule has 2 aromatic heterocycles. The molecule has 1 fully saturated rings. The van der Waals surface area contributed by atoms with Gasteiger partial charge in [0.25, 0.3) is 0 Å². The summed E-state index contributed by atoms with van der Waals surface area (Å²) < 4.78 is 7.82. The van der Waals surface area contributed by atoms with Gasteiger partial charge in [0.05, 0.1) is 17.8 Å². The Balaban J connectivity index is 1.46. The van der Waals surface area contributed by atoms with E-state index in [-0.39, 0.29) is 6.10 Å². The third kappa shape index (κ3) is 3.17. The van der Waals surface area contributed by atoms with E-state index in [0.29, 0.717) is 5.92 Å². The molecule has 3 aromatic rings. The molecule has 0 radical (unpaired) electrons. The van der Waals surface area contributed by atoms with Crippen LogP contribution >= 0.6 is 0 Å². The molecule has 2 N–H and O–H groups in total. The molecule has 26 heavy (non-hydrogen) atoms. The van der Waals surface area contributed by atoms with Crippen LogP contribution in [0.15, 0.2) is 24.5 Å². The van der Waals surface area contributed by atoms with Crippen LogP contribution in [0.3, 0.4) is 0 Å². The standard InChI is InChI=1S/C21H28N4O/c1-13-7-17(20-19(8-13)14(2)15(3)24-20)10-22-9-16-5-6-26-21(16)18-11-23-25(4)12-18/h7-8,11-12,16,21-22,24H,5-6,9-10H2,1-4H3/t16-,21+/m1/s1. The van der Waals surface area contributed by atoms with Gasteiger partial charge in [-0.05, 0) is 44.4 Å². The van der Waals surface area contributed by atoms with Crippen LogP contribution in [0, 0.1) is 26.7 Å². The van der Waals surface area contributed by atoms with Crippen LogP contribution in [-0.4, -0.2) is 27.9 Å². The maximum Gasteiger partial charge on any atom is 0.0896 e. The van der Waals surface area contributed by atoms with E-state index in [0.717, 1.165) is 26.1 Å². The first kappa shape index (κ1) is 17.3. The molecule has 3 heterocycles. The second-order valence-corrected chi connectivity index (χ2v) is 7.64. The Hall–Kier alpha value is -2.11. The Morgan fingerprint density at radius 3 is 2.92 bits per heavy atom. The van der Waals surface area contributed by atoms with E-state index < -0.39 is 0 Å². The second kappa shape index (κ2) is 6.89. The highest BCUT2D eigenvalue weighted by Crippen LogP contribution is 2.34. The molecule has 0 amide bonds. The third-order valence-electron chi connectivity index (χ3n) is 5.63. The normalized spacial score (nSPS) is 20.3. The number of aromatic nitrogens is 3. The molecule has 138 valence electrons. The largest absolute Gasteiger partial charge is 0.373 e. The smallest absolute Gasteiger partial charge is 0.0896 e. The van der Waals surface area contributed by atoms with Crippen molar-refractivity contribution in [3.05, 3.63) is 52.5 Å². The summed E-state index contributed by atoms with van der Waals surface area (Å²) in [5, 5.41) is 9.31. The molecular weight excluding hydrogens is 324 g/mol. The molecular formula is C21H28N4O. The number of rotatable bonds is 5. The predicted octanol–water partition coefficient (Wildman–Crippen LogP) is 3.69. The van der Waals surface area contributed by atoms with Gasteiger partial charge in [-0.15, -0.1) is 0 Å². The van der Waals surface area contributed by atoms with Gasteiger partial charge in [0.15, 0.2) is 0 Å². The van der Waals surface area contributed by atoms with E-state index in [4.69, 9.17) is 4.74 Å². The molecule has 1 saturated heterocycles. The van der Waals surface area contributed by atoms with Crippen LogP contribution in [0.5, 0.6) is 0 Å². The van der Waals surface area contributed by atoms with Gasteiger partial charge in [-0.25, -0.2) is 0 Å². The molecule has 5 nitrogen and oxygen atoms in total. The van der Waals surface area contributed by atoms with Crippen LogP contribution in [0.2, 0.25) is 0 Å². The lowest BCUT2D eigenvalue weighted by molar-refractivity contribution is 0.0904. The molecule has 1 aliphatic heterocycles. The maximum atomic E-state index is 5.98. The summed E-state index contributed by atoms with van der Waals surface area (Å²) in [6.07, 6.45) is 5.25. The first-order valence-electron chi connectivity index (χ1n) is 9.42. The third-order valence-corrected chi connectivity index (χ3v) is 5.63. The van der Waals surface area contributed by atoms with Crippen molar-refractivity contribution in [3.63, 3.8) is 0 Å². The van der Waals surface area contributed by atoms with Gasteiger partial charge >= 0.3 is 0 Å². The highest BCUT2D eigenvalue weighted by molar-refractivity contribution is 5.87. The topological polar surface area (TPSA) is 54.9 Å². The summed E-state index contributed by atoms with van der Waals surface area (Å²) >= 11 is 0. The molecule has 1 aliphatic rings. The number of aromatic amines is 1. The number of hydrogen-bond donors (Lipinski definition) is 2. The summed E-state index contributed by atoms with van der Waals surface area (Å²) in [4.78, 5) is 3.56. The van der Waals surface area contributed by atoms with Gasteiger partial charge in [0, 0.05) is 55.5 Å². The Morgan fingerprint density at radius 2 is 2.15 bits per heavy atom. The maximum absolute atomic E-state index is 5.98. The number of nitrogens with zero attached hydrogens (tertiary/aromatic N) is 2. The van der Waals surface area contributed by atoms with Crippen LogP contribution in [-0.2, 0) is 18.3 Å². The van der Waals surface area contributed by atoms with Crippen molar-refractivity contribution in [2.75, 3.05) is 13.2 Å². The monoisotopic (exact) mass is 352 g/mol. The van der Waals surface area contributed by atoms with E-state index in [1.807, 2.05) is 17.9 Å². The fourth-order valence-electron chi connectivity index (χ4n) is 4.12. The molecule has 2 atom stereocenters. The second-order valence-electron chi connectivity index (χ2n) is 7.64. The van der Waals surface area contributed by atoms with E-state index in [1.165, 1.54) is 38.9 Å². The predicted molar refractivity (Wildman–Crippen MR) is 104 cm³/mol. The number of aryl methyl sites for hydroxylation is 4. The van der Waals surface area contributed by atoms with Crippen LogP contribution in [0.4, 0.5) is 0 Å². The molecule has 0 spiro atoms. The van der Waals surface area contributed by atoms with Gasteiger partial charge < -0.3 is 15.0 Å². The fourth-order valence-corrected chi connectivity index (χ4v) is 4.12. The summed E-state index contributed by atoms with van der Waals surface area (Å²) in [5.74, 6) is 0.492. The number of H-pyrrole nitrogens is 1. The van der Waals surface area contributed by atoms with Crippen molar-refractivity contribution in [2.45, 2.75) is 39.8 Å². The number of nitrogens with one attached hydrogen (secondary N) is 2. The van der Waals surface area contributed by atoms with Crippen molar-refractivity contribution in [1.82, 2.24) is 20.1 Å². The van der Waals surface area contributed by atoms with Gasteiger partial charge in [-0.1, -0.05) is 11.6 Å². The van der Waals surface area contributed by atoms with Crippen molar-refractivity contribution < 1.29 is 4.74 Å². The highest BCUT2D eigenvalue weighted by Gasteiger charge is 2.30. The molecule has 4 rings (SSSR count). The molecule has 5 heteroatoms. The Bertz CT molecular complexity index is 924. The van der Waals surface area contributed by atoms with Gasteiger partial charge in [-0.2, -0.15) is 5.10 Å². The fraction of sp³-hybridized carbons (Fsp3) is 0.476. The molecule has 0 unspecified atom stereocenters. The van der Waals surface area contributed by atoms with Crippen molar-refractivity contribution in [3.8, 4) is 0 Å². The SMILES string of the molecule is Cc1cc(CNC[C@H]2CCO[C@@H]2c2cnn(C)c2)c2[nH]c(C)c(C)c2c1. The van der Waals surface area contributed by atoms with Crippen molar-refractivity contribution in [1.29, 1.82) is 0 Å². The average molecular weight is 352 g/mol. The molecule has 0 bridgehead atoms. The number of hydrogen-bond acceptors (Lipinski definition) is 3. The number of benzene rings is 1. The minimum atomic E-state index is 0.156. The average Bonchev–Trinajstić information content (AvgIpc) is 3.30. The molecule has 0 aliphatic carbocycles. The van der Waals surface area contributed by atoms with E-state index >= 15 is 0 Å². The summed E-state index contributed by atoms with van der Waals surface area (Å²) in [6.45, 7) is 9.17. The first-order chi connectivity index (χ1) is 12.5. The van der Waals surface area contributed by atoms with E-state index in [1.54, 1.807) is 0 Å².